The van der Waals surface area contributed by atoms with Crippen LogP contribution in [0.4, 0.5) is 0 Å². The van der Waals surface area contributed by atoms with E-state index in [-0.39, 0.29) is 6.04 Å². The molecule has 0 aromatic carbocycles. The van der Waals surface area contributed by atoms with E-state index in [9.17, 15) is 0 Å². The van der Waals surface area contributed by atoms with Gasteiger partial charge in [0.1, 0.15) is 17.5 Å². The van der Waals surface area contributed by atoms with Crippen molar-refractivity contribution in [3.8, 4) is 16.9 Å². The molecule has 0 fully saturated rings. The monoisotopic (exact) mass is 303 g/mol. The Morgan fingerprint density at radius 2 is 2.24 bits per heavy atom. The lowest BCUT2D eigenvalue weighted by Gasteiger charge is -2.13. The molecule has 2 aromatic heterocycles. The lowest BCUT2D eigenvalue weighted by molar-refractivity contribution is 0.284. The van der Waals surface area contributed by atoms with Crippen molar-refractivity contribution in [1.82, 2.24) is 9.97 Å². The van der Waals surface area contributed by atoms with Crippen molar-refractivity contribution < 1.29 is 4.74 Å². The highest BCUT2D eigenvalue weighted by atomic mass is 35.5. The summed E-state index contributed by atoms with van der Waals surface area (Å²) in [6.45, 7) is 6.27. The zero-order valence-corrected chi connectivity index (χ0v) is 12.7. The van der Waals surface area contributed by atoms with Crippen LogP contribution in [0, 0.1) is 0 Å². The number of aromatic nitrogens is 2. The van der Waals surface area contributed by atoms with Crippen LogP contribution in [0.15, 0.2) is 37.3 Å². The number of halogens is 1. The van der Waals surface area contributed by atoms with Crippen LogP contribution >= 0.6 is 11.6 Å². The van der Waals surface area contributed by atoms with Gasteiger partial charge in [-0.2, -0.15) is 0 Å². The maximum Gasteiger partial charge on any atom is 0.138 e. The smallest absolute Gasteiger partial charge is 0.138 e. The summed E-state index contributed by atoms with van der Waals surface area (Å²) < 4.78 is 5.66. The Morgan fingerprint density at radius 1 is 1.43 bits per heavy atom. The maximum atomic E-state index is 6.20. The van der Waals surface area contributed by atoms with E-state index < -0.39 is 0 Å². The largest absolute Gasteiger partial charge is 0.490 e. The Kier molecular flexibility index (Phi) is 5.31. The van der Waals surface area contributed by atoms with Gasteiger partial charge in [0.05, 0.1) is 6.20 Å². The normalized spacial score (nSPS) is 12.0. The van der Waals surface area contributed by atoms with Crippen LogP contribution < -0.4 is 10.5 Å². The van der Waals surface area contributed by atoms with Gasteiger partial charge in [0.2, 0.25) is 0 Å². The molecule has 2 N–H and O–H groups in total. The number of rotatable bonds is 6. The fourth-order valence-corrected chi connectivity index (χ4v) is 2.03. The van der Waals surface area contributed by atoms with Crippen LogP contribution in [0.2, 0.25) is 5.15 Å². The molecule has 4 nitrogen and oxygen atoms in total. The van der Waals surface area contributed by atoms with E-state index in [0.29, 0.717) is 17.5 Å². The number of nitrogens with two attached hydrogens (primary N) is 1. The summed E-state index contributed by atoms with van der Waals surface area (Å²) in [6.07, 6.45) is 7.66. The van der Waals surface area contributed by atoms with E-state index in [1.54, 1.807) is 24.7 Å². The Balaban J connectivity index is 2.33. The highest BCUT2D eigenvalue weighted by Gasteiger charge is 2.11. The van der Waals surface area contributed by atoms with E-state index in [0.717, 1.165) is 23.1 Å². The average Bonchev–Trinajstić information content (AvgIpc) is 2.53. The number of pyridine rings is 2. The number of ether oxygens (including phenoxy) is 1. The lowest BCUT2D eigenvalue weighted by atomic mass is 10.0. The second-order valence-corrected chi connectivity index (χ2v) is 5.01. The molecule has 2 heterocycles. The van der Waals surface area contributed by atoms with E-state index >= 15 is 0 Å². The van der Waals surface area contributed by atoms with Gasteiger partial charge in [0, 0.05) is 29.6 Å². The number of nitrogens with zero attached hydrogens (tertiary/aromatic N) is 2. The Labute approximate surface area is 129 Å². The fourth-order valence-electron chi connectivity index (χ4n) is 1.83. The summed E-state index contributed by atoms with van der Waals surface area (Å²) in [7, 11) is 0. The molecule has 0 spiro atoms. The van der Waals surface area contributed by atoms with Gasteiger partial charge in [-0.15, -0.1) is 0 Å². The van der Waals surface area contributed by atoms with Crippen molar-refractivity contribution in [2.24, 2.45) is 5.73 Å². The molecule has 21 heavy (non-hydrogen) atoms. The quantitative estimate of drug-likeness (QED) is 0.829. The van der Waals surface area contributed by atoms with Gasteiger partial charge in [0.15, 0.2) is 0 Å². The molecule has 0 aliphatic rings. The molecule has 0 aliphatic carbocycles. The van der Waals surface area contributed by atoms with Crippen molar-refractivity contribution >= 4 is 17.7 Å². The molecule has 0 aliphatic heterocycles. The molecule has 0 saturated heterocycles. The van der Waals surface area contributed by atoms with Crippen LogP contribution in [-0.4, -0.2) is 22.6 Å². The Bertz CT molecular complexity index is 631. The molecule has 0 amide bonds. The highest BCUT2D eigenvalue weighted by molar-refractivity contribution is 6.32. The van der Waals surface area contributed by atoms with Gasteiger partial charge in [-0.3, -0.25) is 4.98 Å². The first-order chi connectivity index (χ1) is 10.2. The van der Waals surface area contributed by atoms with Gasteiger partial charge < -0.3 is 10.5 Å². The van der Waals surface area contributed by atoms with Crippen LogP contribution in [0.1, 0.15) is 18.9 Å². The fraction of sp³-hybridized carbons (Fsp3) is 0.250. The average molecular weight is 304 g/mol. The van der Waals surface area contributed by atoms with E-state index in [1.807, 2.05) is 19.1 Å². The zero-order chi connectivity index (χ0) is 15.2. The van der Waals surface area contributed by atoms with E-state index in [1.165, 1.54) is 0 Å². The third-order valence-electron chi connectivity index (χ3n) is 3.17. The summed E-state index contributed by atoms with van der Waals surface area (Å²) in [5.74, 6) is 0.636. The summed E-state index contributed by atoms with van der Waals surface area (Å²) in [5, 5.41) is 0.401. The molecule has 110 valence electrons. The van der Waals surface area contributed by atoms with Gasteiger partial charge >= 0.3 is 0 Å². The first-order valence-corrected chi connectivity index (χ1v) is 7.14. The van der Waals surface area contributed by atoms with Gasteiger partial charge in [-0.25, -0.2) is 4.98 Å². The first-order valence-electron chi connectivity index (χ1n) is 6.76. The minimum atomic E-state index is 0.00579. The second-order valence-electron chi connectivity index (χ2n) is 4.66. The predicted molar refractivity (Wildman–Crippen MR) is 86.3 cm³/mol. The molecule has 1 atom stereocenters. The summed E-state index contributed by atoms with van der Waals surface area (Å²) in [5.41, 5.74) is 8.43. The molecular formula is C16H18ClN3O. The van der Waals surface area contributed by atoms with Gasteiger partial charge in [-0.05, 0) is 24.1 Å². The van der Waals surface area contributed by atoms with Crippen molar-refractivity contribution in [3.05, 3.63) is 48.0 Å². The molecule has 0 radical (unpaired) electrons. The number of hydrogen-bond donors (Lipinski definition) is 1. The molecule has 0 saturated carbocycles. The molecule has 0 unspecified atom stereocenters. The van der Waals surface area contributed by atoms with Gasteiger partial charge in [0.25, 0.3) is 0 Å². The molecule has 0 bridgehead atoms. The van der Waals surface area contributed by atoms with Crippen LogP contribution in [0.3, 0.4) is 0 Å². The molecular weight excluding hydrogens is 286 g/mol. The maximum absolute atomic E-state index is 6.20. The van der Waals surface area contributed by atoms with Crippen LogP contribution in [0.5, 0.6) is 5.75 Å². The van der Waals surface area contributed by atoms with Crippen molar-refractivity contribution in [2.75, 3.05) is 6.61 Å². The van der Waals surface area contributed by atoms with Gasteiger partial charge in [-0.1, -0.05) is 31.2 Å². The van der Waals surface area contributed by atoms with Crippen molar-refractivity contribution in [1.29, 1.82) is 0 Å². The second kappa shape index (κ2) is 7.20. The topological polar surface area (TPSA) is 61.0 Å². The minimum absolute atomic E-state index is 0.00579. The molecule has 2 aromatic rings. The van der Waals surface area contributed by atoms with Crippen LogP contribution in [-0.2, 0) is 0 Å². The summed E-state index contributed by atoms with van der Waals surface area (Å²) in [4.78, 5) is 8.31. The van der Waals surface area contributed by atoms with Crippen molar-refractivity contribution in [3.63, 3.8) is 0 Å². The summed E-state index contributed by atoms with van der Waals surface area (Å²) >= 11 is 6.20. The SMILES string of the molecule is C=Cc1ccncc1-c1cc(OC[C@H](N)CC)cnc1Cl. The highest BCUT2D eigenvalue weighted by Crippen LogP contribution is 2.31. The predicted octanol–water partition coefficient (Wildman–Crippen LogP) is 3.56. The Morgan fingerprint density at radius 3 is 2.95 bits per heavy atom. The third-order valence-corrected chi connectivity index (χ3v) is 3.47. The first kappa shape index (κ1) is 15.5. The third kappa shape index (κ3) is 3.80. The lowest BCUT2D eigenvalue weighted by Crippen LogP contribution is -2.26. The Hall–Kier alpha value is -1.91. The minimum Gasteiger partial charge on any atom is -0.490 e. The van der Waals surface area contributed by atoms with Crippen molar-refractivity contribution in [2.45, 2.75) is 19.4 Å². The zero-order valence-electron chi connectivity index (χ0n) is 11.9. The van der Waals surface area contributed by atoms with E-state index in [2.05, 4.69) is 16.5 Å². The molecule has 5 heteroatoms. The van der Waals surface area contributed by atoms with Crippen LogP contribution in [0.25, 0.3) is 17.2 Å². The van der Waals surface area contributed by atoms with E-state index in [4.69, 9.17) is 22.1 Å². The number of hydrogen-bond acceptors (Lipinski definition) is 4. The summed E-state index contributed by atoms with van der Waals surface area (Å²) in [6, 6.07) is 3.73. The standard InChI is InChI=1S/C16H18ClN3O/c1-3-11-5-6-19-9-15(11)14-7-13(8-20-16(14)17)21-10-12(18)4-2/h3,5-9,12H,1,4,10,18H2,2H3/t12-/m1/s1. The molecule has 2 rings (SSSR count).